The standard InChI is InChI=1S/C24H24N4O2/c1-16-22(13-21-17(2)27-28(3)23(21)26-16)24(29)25-14-18-9-7-8-10-19(18)15-30-20-11-5-4-6-12-20/h4-13H,14-15H2,1-3H3,(H,25,29). The average Bonchev–Trinajstić information content (AvgIpc) is 3.03. The Morgan fingerprint density at radius 3 is 2.47 bits per heavy atom. The Kier molecular flexibility index (Phi) is 5.48. The van der Waals surface area contributed by atoms with E-state index in [-0.39, 0.29) is 5.91 Å². The molecule has 30 heavy (non-hydrogen) atoms. The van der Waals surface area contributed by atoms with E-state index in [1.165, 1.54) is 0 Å². The summed E-state index contributed by atoms with van der Waals surface area (Å²) in [6, 6.07) is 19.5. The molecule has 2 aromatic carbocycles. The summed E-state index contributed by atoms with van der Waals surface area (Å²) in [5.74, 6) is 0.669. The van der Waals surface area contributed by atoms with E-state index in [0.717, 1.165) is 33.6 Å². The summed E-state index contributed by atoms with van der Waals surface area (Å²) in [5.41, 5.74) is 4.95. The van der Waals surface area contributed by atoms with Crippen molar-refractivity contribution < 1.29 is 9.53 Å². The lowest BCUT2D eigenvalue weighted by Crippen LogP contribution is -2.24. The maximum atomic E-state index is 12.9. The van der Waals surface area contributed by atoms with Crippen molar-refractivity contribution in [2.24, 2.45) is 7.05 Å². The minimum absolute atomic E-state index is 0.149. The van der Waals surface area contributed by atoms with E-state index in [1.54, 1.807) is 4.68 Å². The number of nitrogens with one attached hydrogen (secondary N) is 1. The van der Waals surface area contributed by atoms with Crippen LogP contribution in [0.15, 0.2) is 60.7 Å². The third-order valence-corrected chi connectivity index (χ3v) is 5.13. The first-order chi connectivity index (χ1) is 14.5. The number of hydrogen-bond donors (Lipinski definition) is 1. The highest BCUT2D eigenvalue weighted by Gasteiger charge is 2.15. The van der Waals surface area contributed by atoms with Gasteiger partial charge in [0.2, 0.25) is 0 Å². The first-order valence-corrected chi connectivity index (χ1v) is 9.86. The van der Waals surface area contributed by atoms with Gasteiger partial charge in [-0.15, -0.1) is 0 Å². The molecule has 1 N–H and O–H groups in total. The zero-order valence-corrected chi connectivity index (χ0v) is 17.3. The summed E-state index contributed by atoms with van der Waals surface area (Å²) in [6.07, 6.45) is 0. The van der Waals surface area contributed by atoms with Crippen LogP contribution in [0, 0.1) is 13.8 Å². The lowest BCUT2D eigenvalue weighted by Gasteiger charge is -2.13. The lowest BCUT2D eigenvalue weighted by molar-refractivity contribution is 0.0950. The number of amides is 1. The lowest BCUT2D eigenvalue weighted by atomic mass is 10.1. The molecule has 0 bridgehead atoms. The predicted octanol–water partition coefficient (Wildman–Crippen LogP) is 4.09. The zero-order valence-electron chi connectivity index (χ0n) is 17.3. The monoisotopic (exact) mass is 400 g/mol. The van der Waals surface area contributed by atoms with E-state index in [1.807, 2.05) is 81.6 Å². The summed E-state index contributed by atoms with van der Waals surface area (Å²) in [7, 11) is 1.86. The molecule has 0 saturated heterocycles. The topological polar surface area (TPSA) is 69.0 Å². The van der Waals surface area contributed by atoms with Gasteiger partial charge in [-0.2, -0.15) is 5.10 Å². The normalized spacial score (nSPS) is 10.9. The molecule has 0 aliphatic rings. The number of hydrogen-bond acceptors (Lipinski definition) is 4. The van der Waals surface area contributed by atoms with Crippen molar-refractivity contribution in [2.45, 2.75) is 27.0 Å². The van der Waals surface area contributed by atoms with E-state index in [9.17, 15) is 4.79 Å². The van der Waals surface area contributed by atoms with Crippen LogP contribution >= 0.6 is 0 Å². The fourth-order valence-electron chi connectivity index (χ4n) is 3.48. The number of para-hydroxylation sites is 1. The van der Waals surface area contributed by atoms with E-state index >= 15 is 0 Å². The molecular formula is C24H24N4O2. The quantitative estimate of drug-likeness (QED) is 0.529. The molecule has 2 aromatic heterocycles. The molecule has 0 saturated carbocycles. The first-order valence-electron chi connectivity index (χ1n) is 9.86. The number of carbonyl (C=O) groups excluding carboxylic acids is 1. The molecule has 4 rings (SSSR count). The van der Waals surface area contributed by atoms with Crippen LogP contribution in [-0.4, -0.2) is 20.7 Å². The number of rotatable bonds is 6. The zero-order chi connectivity index (χ0) is 21.1. The van der Waals surface area contributed by atoms with Gasteiger partial charge in [-0.3, -0.25) is 9.48 Å². The van der Waals surface area contributed by atoms with Crippen LogP contribution in [0.3, 0.4) is 0 Å². The number of pyridine rings is 1. The number of aryl methyl sites for hydroxylation is 3. The minimum atomic E-state index is -0.149. The molecule has 152 valence electrons. The molecule has 0 aliphatic heterocycles. The average molecular weight is 400 g/mol. The largest absolute Gasteiger partial charge is 0.489 e. The van der Waals surface area contributed by atoms with Gasteiger partial charge in [0.1, 0.15) is 12.4 Å². The summed E-state index contributed by atoms with van der Waals surface area (Å²) in [6.45, 7) is 4.62. The van der Waals surface area contributed by atoms with Crippen molar-refractivity contribution in [1.82, 2.24) is 20.1 Å². The summed E-state index contributed by atoms with van der Waals surface area (Å²) in [5, 5.41) is 8.31. The number of benzene rings is 2. The summed E-state index contributed by atoms with van der Waals surface area (Å²) < 4.78 is 7.61. The fourth-order valence-corrected chi connectivity index (χ4v) is 3.48. The van der Waals surface area contributed by atoms with E-state index in [0.29, 0.717) is 24.4 Å². The number of ether oxygens (including phenoxy) is 1. The Balaban J connectivity index is 1.48. The number of aromatic nitrogens is 3. The van der Waals surface area contributed by atoms with Crippen LogP contribution in [0.4, 0.5) is 0 Å². The molecule has 0 fully saturated rings. The molecular weight excluding hydrogens is 376 g/mol. The number of fused-ring (bicyclic) bond motifs is 1. The highest BCUT2D eigenvalue weighted by atomic mass is 16.5. The van der Waals surface area contributed by atoms with Gasteiger partial charge in [-0.05, 0) is 43.2 Å². The predicted molar refractivity (Wildman–Crippen MR) is 116 cm³/mol. The molecule has 0 spiro atoms. The van der Waals surface area contributed by atoms with Gasteiger partial charge in [0.25, 0.3) is 5.91 Å². The van der Waals surface area contributed by atoms with Gasteiger partial charge in [-0.1, -0.05) is 42.5 Å². The highest BCUT2D eigenvalue weighted by Crippen LogP contribution is 2.20. The number of nitrogens with zero attached hydrogens (tertiary/aromatic N) is 3. The second-order valence-corrected chi connectivity index (χ2v) is 7.25. The van der Waals surface area contributed by atoms with Crippen LogP contribution in [-0.2, 0) is 20.2 Å². The highest BCUT2D eigenvalue weighted by molar-refractivity contribution is 5.98. The Morgan fingerprint density at radius 2 is 1.70 bits per heavy atom. The van der Waals surface area contributed by atoms with Gasteiger partial charge in [-0.25, -0.2) is 4.98 Å². The minimum Gasteiger partial charge on any atom is -0.489 e. The van der Waals surface area contributed by atoms with Crippen molar-refractivity contribution in [3.63, 3.8) is 0 Å². The Labute approximate surface area is 175 Å². The van der Waals surface area contributed by atoms with Crippen molar-refractivity contribution in [3.8, 4) is 5.75 Å². The van der Waals surface area contributed by atoms with E-state index in [2.05, 4.69) is 15.4 Å². The summed E-state index contributed by atoms with van der Waals surface area (Å²) in [4.78, 5) is 17.5. The Bertz CT molecular complexity index is 1200. The van der Waals surface area contributed by atoms with E-state index < -0.39 is 0 Å². The Hall–Kier alpha value is -3.67. The third-order valence-electron chi connectivity index (χ3n) is 5.13. The van der Waals surface area contributed by atoms with Crippen LogP contribution in [0.1, 0.15) is 32.9 Å². The van der Waals surface area contributed by atoms with Gasteiger partial charge in [0.15, 0.2) is 5.65 Å². The molecule has 4 aromatic rings. The van der Waals surface area contributed by atoms with Gasteiger partial charge >= 0.3 is 0 Å². The fraction of sp³-hybridized carbons (Fsp3) is 0.208. The molecule has 6 nitrogen and oxygen atoms in total. The van der Waals surface area contributed by atoms with Crippen molar-refractivity contribution in [1.29, 1.82) is 0 Å². The SMILES string of the molecule is Cc1nc2c(cc1C(=O)NCc1ccccc1COc1ccccc1)c(C)nn2C. The number of carbonyl (C=O) groups is 1. The molecule has 0 aliphatic carbocycles. The third kappa shape index (κ3) is 4.03. The molecule has 0 radical (unpaired) electrons. The smallest absolute Gasteiger partial charge is 0.253 e. The van der Waals surface area contributed by atoms with Crippen LogP contribution in [0.25, 0.3) is 11.0 Å². The maximum Gasteiger partial charge on any atom is 0.253 e. The molecule has 2 heterocycles. The first kappa shape index (κ1) is 19.6. The maximum absolute atomic E-state index is 12.9. The van der Waals surface area contributed by atoms with Crippen molar-refractivity contribution in [2.75, 3.05) is 0 Å². The molecule has 1 amide bonds. The van der Waals surface area contributed by atoms with E-state index in [4.69, 9.17) is 4.74 Å². The van der Waals surface area contributed by atoms with Crippen LogP contribution < -0.4 is 10.1 Å². The molecule has 0 atom stereocenters. The second kappa shape index (κ2) is 8.37. The van der Waals surface area contributed by atoms with Gasteiger partial charge < -0.3 is 10.1 Å². The van der Waals surface area contributed by atoms with Crippen molar-refractivity contribution >= 4 is 16.9 Å². The Morgan fingerprint density at radius 1 is 1.00 bits per heavy atom. The van der Waals surface area contributed by atoms with Gasteiger partial charge in [0.05, 0.1) is 17.0 Å². The van der Waals surface area contributed by atoms with Crippen molar-refractivity contribution in [3.05, 3.63) is 88.7 Å². The summed E-state index contributed by atoms with van der Waals surface area (Å²) >= 11 is 0. The second-order valence-electron chi connectivity index (χ2n) is 7.25. The molecule has 0 unspecified atom stereocenters. The van der Waals surface area contributed by atoms with Gasteiger partial charge in [0, 0.05) is 19.0 Å². The van der Waals surface area contributed by atoms with Crippen LogP contribution in [0.5, 0.6) is 5.75 Å². The molecule has 6 heteroatoms. The van der Waals surface area contributed by atoms with Crippen LogP contribution in [0.2, 0.25) is 0 Å².